The first-order chi connectivity index (χ1) is 14.5. The fourth-order valence-electron chi connectivity index (χ4n) is 2.27. The van der Waals surface area contributed by atoms with Crippen molar-refractivity contribution in [1.29, 1.82) is 5.26 Å². The standard InChI is InChI=1S/C19H17Cl2N3O6S/c1-11(25)18(24-31(28,29)14-6-7-15(20)16(21)8-14)19(27)30-10-17(26)23-13-4-2-12(9-22)3-5-13/h2-8,11,18,24-25H,10H2,1H3,(H,23,26). The van der Waals surface area contributed by atoms with Crippen LogP contribution in [-0.2, 0) is 24.3 Å². The van der Waals surface area contributed by atoms with Crippen LogP contribution in [0.4, 0.5) is 5.69 Å². The molecule has 31 heavy (non-hydrogen) atoms. The molecule has 164 valence electrons. The van der Waals surface area contributed by atoms with E-state index in [2.05, 4.69) is 5.32 Å². The predicted molar refractivity (Wildman–Crippen MR) is 113 cm³/mol. The Balaban J connectivity index is 2.01. The number of rotatable bonds is 8. The van der Waals surface area contributed by atoms with Gasteiger partial charge in [0.05, 0.1) is 32.7 Å². The molecule has 1 amide bonds. The molecule has 0 heterocycles. The van der Waals surface area contributed by atoms with Crippen LogP contribution in [0, 0.1) is 11.3 Å². The summed E-state index contributed by atoms with van der Waals surface area (Å²) in [6.07, 6.45) is -1.47. The molecule has 2 atom stereocenters. The molecule has 0 aliphatic rings. The first-order valence-corrected chi connectivity index (χ1v) is 10.9. The van der Waals surface area contributed by atoms with Crippen LogP contribution in [0.15, 0.2) is 47.4 Å². The Bertz CT molecular complexity index is 1110. The van der Waals surface area contributed by atoms with E-state index >= 15 is 0 Å². The molecule has 2 unspecified atom stereocenters. The molecular weight excluding hydrogens is 469 g/mol. The lowest BCUT2D eigenvalue weighted by atomic mass is 10.2. The summed E-state index contributed by atoms with van der Waals surface area (Å²) in [6, 6.07) is 9.73. The maximum Gasteiger partial charge on any atom is 0.327 e. The van der Waals surface area contributed by atoms with E-state index in [9.17, 15) is 23.1 Å². The maximum atomic E-state index is 12.5. The van der Waals surface area contributed by atoms with Gasteiger partial charge in [-0.25, -0.2) is 8.42 Å². The molecule has 9 nitrogen and oxygen atoms in total. The number of amides is 1. The van der Waals surface area contributed by atoms with Crippen LogP contribution in [0.5, 0.6) is 0 Å². The fraction of sp³-hybridized carbons (Fsp3) is 0.211. The van der Waals surface area contributed by atoms with Gasteiger partial charge in [-0.15, -0.1) is 0 Å². The van der Waals surface area contributed by atoms with Gasteiger partial charge in [-0.3, -0.25) is 9.59 Å². The van der Waals surface area contributed by atoms with Crippen LogP contribution in [0.25, 0.3) is 0 Å². The minimum Gasteiger partial charge on any atom is -0.454 e. The minimum absolute atomic E-state index is 0.0137. The fourth-order valence-corrected chi connectivity index (χ4v) is 3.92. The van der Waals surface area contributed by atoms with E-state index in [4.69, 9.17) is 33.2 Å². The number of aliphatic hydroxyl groups excluding tert-OH is 1. The number of nitriles is 1. The highest BCUT2D eigenvalue weighted by Gasteiger charge is 2.31. The molecule has 3 N–H and O–H groups in total. The Labute approximate surface area is 188 Å². The predicted octanol–water partition coefficient (Wildman–Crippen LogP) is 2.07. The van der Waals surface area contributed by atoms with Crippen LogP contribution >= 0.6 is 23.2 Å². The second-order valence-electron chi connectivity index (χ2n) is 6.26. The third-order valence-corrected chi connectivity index (χ3v) is 6.04. The van der Waals surface area contributed by atoms with Gasteiger partial charge < -0.3 is 15.2 Å². The summed E-state index contributed by atoms with van der Waals surface area (Å²) < 4.78 is 31.9. The molecule has 0 saturated heterocycles. The van der Waals surface area contributed by atoms with Crippen molar-refractivity contribution in [3.05, 3.63) is 58.1 Å². The summed E-state index contributed by atoms with van der Waals surface area (Å²) >= 11 is 11.6. The van der Waals surface area contributed by atoms with Crippen molar-refractivity contribution in [2.45, 2.75) is 24.0 Å². The number of carbonyl (C=O) groups excluding carboxylic acids is 2. The zero-order chi connectivity index (χ0) is 23.2. The molecule has 2 rings (SSSR count). The number of hydrogen-bond donors (Lipinski definition) is 3. The van der Waals surface area contributed by atoms with Crippen molar-refractivity contribution in [3.8, 4) is 6.07 Å². The van der Waals surface area contributed by atoms with E-state index in [0.29, 0.717) is 11.3 Å². The smallest absolute Gasteiger partial charge is 0.327 e. The van der Waals surface area contributed by atoms with Crippen molar-refractivity contribution >= 4 is 50.8 Å². The molecule has 12 heteroatoms. The first kappa shape index (κ1) is 24.6. The Morgan fingerprint density at radius 2 is 1.81 bits per heavy atom. The largest absolute Gasteiger partial charge is 0.454 e. The number of anilines is 1. The molecule has 0 radical (unpaired) electrons. The van der Waals surface area contributed by atoms with Crippen LogP contribution in [-0.4, -0.2) is 44.2 Å². The second-order valence-corrected chi connectivity index (χ2v) is 8.79. The number of nitrogens with one attached hydrogen (secondary N) is 2. The molecular formula is C19H17Cl2N3O6S. The SMILES string of the molecule is CC(O)C(NS(=O)(=O)c1ccc(Cl)c(Cl)c1)C(=O)OCC(=O)Nc1ccc(C#N)cc1. The van der Waals surface area contributed by atoms with E-state index in [1.807, 2.05) is 10.8 Å². The first-order valence-electron chi connectivity index (χ1n) is 8.65. The van der Waals surface area contributed by atoms with Gasteiger partial charge in [-0.1, -0.05) is 23.2 Å². The van der Waals surface area contributed by atoms with Crippen LogP contribution in [0.1, 0.15) is 12.5 Å². The van der Waals surface area contributed by atoms with Crippen molar-refractivity contribution in [2.24, 2.45) is 0 Å². The topological polar surface area (TPSA) is 146 Å². The van der Waals surface area contributed by atoms with Gasteiger partial charge in [0.25, 0.3) is 5.91 Å². The summed E-state index contributed by atoms with van der Waals surface area (Å²) in [5.74, 6) is -1.86. The van der Waals surface area contributed by atoms with E-state index in [1.165, 1.54) is 43.3 Å². The Morgan fingerprint density at radius 1 is 1.16 bits per heavy atom. The molecule has 0 aliphatic carbocycles. The normalized spacial score (nSPS) is 13.0. The molecule has 0 saturated carbocycles. The zero-order valence-electron chi connectivity index (χ0n) is 16.0. The lowest BCUT2D eigenvalue weighted by Gasteiger charge is -2.20. The highest BCUT2D eigenvalue weighted by atomic mass is 35.5. The third-order valence-electron chi connectivity index (χ3n) is 3.86. The van der Waals surface area contributed by atoms with Gasteiger partial charge in [-0.05, 0) is 49.4 Å². The molecule has 0 aromatic heterocycles. The van der Waals surface area contributed by atoms with Crippen molar-refractivity contribution in [3.63, 3.8) is 0 Å². The highest BCUT2D eigenvalue weighted by molar-refractivity contribution is 7.89. The van der Waals surface area contributed by atoms with E-state index in [1.54, 1.807) is 0 Å². The minimum atomic E-state index is -4.26. The van der Waals surface area contributed by atoms with Crippen molar-refractivity contribution in [1.82, 2.24) is 4.72 Å². The average Bonchev–Trinajstić information content (AvgIpc) is 2.72. The number of halogens is 2. The van der Waals surface area contributed by atoms with Gasteiger partial charge >= 0.3 is 5.97 Å². The number of esters is 1. The Morgan fingerprint density at radius 3 is 2.35 bits per heavy atom. The van der Waals surface area contributed by atoms with Gasteiger partial charge in [0.1, 0.15) is 6.04 Å². The molecule has 0 fully saturated rings. The second kappa shape index (κ2) is 10.6. The van der Waals surface area contributed by atoms with Crippen LogP contribution < -0.4 is 10.0 Å². The van der Waals surface area contributed by atoms with Gasteiger partial charge in [0.15, 0.2) is 6.61 Å². The summed E-state index contributed by atoms with van der Waals surface area (Å²) in [5.41, 5.74) is 0.769. The summed E-state index contributed by atoms with van der Waals surface area (Å²) in [5, 5.41) is 21.2. The number of ether oxygens (including phenoxy) is 1. The summed E-state index contributed by atoms with van der Waals surface area (Å²) in [6.45, 7) is 0.455. The zero-order valence-corrected chi connectivity index (χ0v) is 18.3. The number of nitrogens with zero attached hydrogens (tertiary/aromatic N) is 1. The number of hydrogen-bond acceptors (Lipinski definition) is 7. The van der Waals surface area contributed by atoms with E-state index in [0.717, 1.165) is 6.07 Å². The third kappa shape index (κ3) is 6.92. The Kier molecular flexibility index (Phi) is 8.38. The number of sulfonamides is 1. The Hall–Kier alpha value is -2.68. The number of benzene rings is 2. The maximum absolute atomic E-state index is 12.5. The summed E-state index contributed by atoms with van der Waals surface area (Å²) in [7, 11) is -4.26. The van der Waals surface area contributed by atoms with Crippen molar-refractivity contribution < 1.29 is 27.9 Å². The van der Waals surface area contributed by atoms with Gasteiger partial charge in [0.2, 0.25) is 10.0 Å². The van der Waals surface area contributed by atoms with Crippen LogP contribution in [0.2, 0.25) is 10.0 Å². The van der Waals surface area contributed by atoms with Gasteiger partial charge in [0, 0.05) is 5.69 Å². The van der Waals surface area contributed by atoms with Crippen molar-refractivity contribution in [2.75, 3.05) is 11.9 Å². The van der Waals surface area contributed by atoms with Gasteiger partial charge in [-0.2, -0.15) is 9.98 Å². The summed E-state index contributed by atoms with van der Waals surface area (Å²) in [4.78, 5) is 24.0. The molecule has 0 aliphatic heterocycles. The lowest BCUT2D eigenvalue weighted by Crippen LogP contribution is -2.48. The monoisotopic (exact) mass is 485 g/mol. The molecule has 0 bridgehead atoms. The number of aliphatic hydroxyl groups is 1. The highest BCUT2D eigenvalue weighted by Crippen LogP contribution is 2.25. The van der Waals surface area contributed by atoms with Crippen LogP contribution in [0.3, 0.4) is 0 Å². The molecule has 2 aromatic carbocycles. The molecule has 0 spiro atoms. The quantitative estimate of drug-likeness (QED) is 0.485. The number of carbonyl (C=O) groups is 2. The molecule has 2 aromatic rings. The van der Waals surface area contributed by atoms with E-state index < -0.39 is 40.7 Å². The lowest BCUT2D eigenvalue weighted by molar-refractivity contribution is -0.151. The van der Waals surface area contributed by atoms with E-state index in [-0.39, 0.29) is 14.9 Å². The average molecular weight is 486 g/mol.